The van der Waals surface area contributed by atoms with Crippen LogP contribution in [0, 0.1) is 5.92 Å². The monoisotopic (exact) mass is 440 g/mol. The van der Waals surface area contributed by atoms with Gasteiger partial charge in [0, 0.05) is 37.5 Å². The first-order valence-electron chi connectivity index (χ1n) is 11.7. The van der Waals surface area contributed by atoms with Crippen molar-refractivity contribution in [1.82, 2.24) is 20.2 Å². The van der Waals surface area contributed by atoms with E-state index < -0.39 is 0 Å². The average Bonchev–Trinajstić information content (AvgIpc) is 3.29. The van der Waals surface area contributed by atoms with Crippen LogP contribution in [0.1, 0.15) is 35.4 Å². The third-order valence-corrected chi connectivity index (χ3v) is 6.50. The number of nitrogens with zero attached hydrogens (tertiary/aromatic N) is 2. The van der Waals surface area contributed by atoms with Gasteiger partial charge in [-0.3, -0.25) is 9.59 Å². The van der Waals surface area contributed by atoms with Gasteiger partial charge < -0.3 is 15.2 Å². The summed E-state index contributed by atoms with van der Waals surface area (Å²) in [7, 11) is 0. The van der Waals surface area contributed by atoms with Gasteiger partial charge in [-0.25, -0.2) is 4.98 Å². The number of nitrogens with one attached hydrogen (secondary N) is 2. The smallest absolute Gasteiger partial charge is 0.254 e. The van der Waals surface area contributed by atoms with Crippen molar-refractivity contribution in [1.29, 1.82) is 0 Å². The second-order valence-corrected chi connectivity index (χ2v) is 8.69. The number of aromatic amines is 1. The van der Waals surface area contributed by atoms with Crippen LogP contribution >= 0.6 is 0 Å². The molecule has 2 heterocycles. The van der Waals surface area contributed by atoms with Gasteiger partial charge in [0.15, 0.2) is 0 Å². The lowest BCUT2D eigenvalue weighted by atomic mass is 9.94. The number of aryl methyl sites for hydroxylation is 1. The number of imidazole rings is 1. The highest BCUT2D eigenvalue weighted by molar-refractivity contribution is 6.07. The summed E-state index contributed by atoms with van der Waals surface area (Å²) in [5.41, 5.74) is 2.75. The van der Waals surface area contributed by atoms with Crippen molar-refractivity contribution in [2.45, 2.75) is 25.7 Å². The number of carbonyl (C=O) groups excluding carboxylic acids is 2. The van der Waals surface area contributed by atoms with Gasteiger partial charge in [0.25, 0.3) is 5.91 Å². The van der Waals surface area contributed by atoms with Crippen molar-refractivity contribution in [3.8, 4) is 0 Å². The molecule has 0 aliphatic carbocycles. The molecule has 0 saturated carbocycles. The second-order valence-electron chi connectivity index (χ2n) is 8.69. The SMILES string of the molecule is O=C(NCCCc1nc2ccccc2[nH]1)C1CCN(C(=O)c2cccc3ccccc23)CC1. The van der Waals surface area contributed by atoms with Crippen molar-refractivity contribution in [2.24, 2.45) is 5.92 Å². The van der Waals surface area contributed by atoms with Crippen LogP contribution < -0.4 is 5.32 Å². The first-order chi connectivity index (χ1) is 16.2. The van der Waals surface area contributed by atoms with Crippen LogP contribution in [-0.2, 0) is 11.2 Å². The molecule has 0 radical (unpaired) electrons. The van der Waals surface area contributed by atoms with Gasteiger partial charge in [-0.2, -0.15) is 0 Å². The summed E-state index contributed by atoms with van der Waals surface area (Å²) in [5, 5.41) is 5.12. The molecule has 6 nitrogen and oxygen atoms in total. The molecule has 2 N–H and O–H groups in total. The van der Waals surface area contributed by atoms with Crippen LogP contribution in [0.2, 0.25) is 0 Å². The highest BCUT2D eigenvalue weighted by Gasteiger charge is 2.28. The van der Waals surface area contributed by atoms with E-state index in [9.17, 15) is 9.59 Å². The Kier molecular flexibility index (Phi) is 6.07. The summed E-state index contributed by atoms with van der Waals surface area (Å²) in [4.78, 5) is 35.5. The lowest BCUT2D eigenvalue weighted by Crippen LogP contribution is -2.43. The molecule has 5 rings (SSSR count). The standard InChI is InChI=1S/C27H28N4O2/c32-26(28-16-6-13-25-29-23-11-3-4-12-24(23)30-25)20-14-17-31(18-15-20)27(33)22-10-5-8-19-7-1-2-9-21(19)22/h1-5,7-12,20H,6,13-18H2,(H,28,32)(H,29,30). The maximum atomic E-state index is 13.1. The number of amides is 2. The second kappa shape index (κ2) is 9.45. The maximum absolute atomic E-state index is 13.1. The quantitative estimate of drug-likeness (QED) is 0.439. The molecule has 6 heteroatoms. The minimum absolute atomic E-state index is 0.0345. The highest BCUT2D eigenvalue weighted by Crippen LogP contribution is 2.23. The summed E-state index contributed by atoms with van der Waals surface area (Å²) in [6.07, 6.45) is 3.04. The molecule has 0 bridgehead atoms. The summed E-state index contributed by atoms with van der Waals surface area (Å²) in [5.74, 6) is 1.06. The first kappa shape index (κ1) is 21.2. The number of hydrogen-bond acceptors (Lipinski definition) is 3. The van der Waals surface area contributed by atoms with E-state index in [1.54, 1.807) is 0 Å². The molecule has 0 atom stereocenters. The summed E-state index contributed by atoms with van der Waals surface area (Å²) < 4.78 is 0. The van der Waals surface area contributed by atoms with Gasteiger partial charge in [0.2, 0.25) is 5.91 Å². The zero-order valence-corrected chi connectivity index (χ0v) is 18.6. The van der Waals surface area contributed by atoms with E-state index in [-0.39, 0.29) is 17.7 Å². The molecular formula is C27H28N4O2. The van der Waals surface area contributed by atoms with Crippen LogP contribution in [0.5, 0.6) is 0 Å². The fourth-order valence-electron chi connectivity index (χ4n) is 4.66. The predicted octanol–water partition coefficient (Wildman–Crippen LogP) is 4.32. The van der Waals surface area contributed by atoms with Crippen LogP contribution in [0.15, 0.2) is 66.7 Å². The molecule has 1 fully saturated rings. The molecular weight excluding hydrogens is 412 g/mol. The Morgan fingerprint density at radius 2 is 1.73 bits per heavy atom. The van der Waals surface area contributed by atoms with Crippen molar-refractivity contribution < 1.29 is 9.59 Å². The van der Waals surface area contributed by atoms with Crippen LogP contribution in [0.25, 0.3) is 21.8 Å². The lowest BCUT2D eigenvalue weighted by Gasteiger charge is -2.31. The fourth-order valence-corrected chi connectivity index (χ4v) is 4.66. The van der Waals surface area contributed by atoms with E-state index in [0.29, 0.717) is 32.5 Å². The largest absolute Gasteiger partial charge is 0.356 e. The molecule has 1 aromatic heterocycles. The third-order valence-electron chi connectivity index (χ3n) is 6.50. The molecule has 0 spiro atoms. The molecule has 3 aromatic carbocycles. The Balaban J connectivity index is 1.09. The van der Waals surface area contributed by atoms with Crippen LogP contribution in [-0.4, -0.2) is 46.3 Å². The lowest BCUT2D eigenvalue weighted by molar-refractivity contribution is -0.126. The predicted molar refractivity (Wildman–Crippen MR) is 130 cm³/mol. The van der Waals surface area contributed by atoms with Gasteiger partial charge >= 0.3 is 0 Å². The molecule has 1 aliphatic heterocycles. The molecule has 2 amide bonds. The van der Waals surface area contributed by atoms with Gasteiger partial charge in [-0.15, -0.1) is 0 Å². The van der Waals surface area contributed by atoms with Crippen LogP contribution in [0.3, 0.4) is 0 Å². The minimum Gasteiger partial charge on any atom is -0.356 e. The zero-order valence-electron chi connectivity index (χ0n) is 18.6. The van der Waals surface area contributed by atoms with Crippen molar-refractivity contribution in [3.63, 3.8) is 0 Å². The van der Waals surface area contributed by atoms with Gasteiger partial charge in [-0.1, -0.05) is 48.5 Å². The topological polar surface area (TPSA) is 78.1 Å². The molecule has 1 aliphatic rings. The Bertz CT molecular complexity index is 1250. The summed E-state index contributed by atoms with van der Waals surface area (Å²) >= 11 is 0. The van der Waals surface area contributed by atoms with E-state index in [1.165, 1.54) is 0 Å². The van der Waals surface area contributed by atoms with E-state index in [0.717, 1.165) is 46.0 Å². The number of piperidine rings is 1. The highest BCUT2D eigenvalue weighted by atomic mass is 16.2. The van der Waals surface area contributed by atoms with E-state index in [4.69, 9.17) is 0 Å². The minimum atomic E-state index is -0.0345. The summed E-state index contributed by atoms with van der Waals surface area (Å²) in [6, 6.07) is 21.8. The Labute approximate surface area is 193 Å². The van der Waals surface area contributed by atoms with E-state index in [1.807, 2.05) is 71.6 Å². The van der Waals surface area contributed by atoms with Crippen molar-refractivity contribution >= 4 is 33.6 Å². The van der Waals surface area contributed by atoms with E-state index in [2.05, 4.69) is 15.3 Å². The number of rotatable bonds is 6. The number of carbonyl (C=O) groups is 2. The van der Waals surface area contributed by atoms with Gasteiger partial charge in [0.05, 0.1) is 11.0 Å². The van der Waals surface area contributed by atoms with Gasteiger partial charge in [-0.05, 0) is 48.2 Å². The Hall–Kier alpha value is -3.67. The molecule has 168 valence electrons. The number of para-hydroxylation sites is 2. The number of H-pyrrole nitrogens is 1. The van der Waals surface area contributed by atoms with Crippen molar-refractivity contribution in [3.05, 3.63) is 78.1 Å². The first-order valence-corrected chi connectivity index (χ1v) is 11.7. The number of aromatic nitrogens is 2. The average molecular weight is 441 g/mol. The number of hydrogen-bond donors (Lipinski definition) is 2. The molecule has 1 saturated heterocycles. The van der Waals surface area contributed by atoms with Crippen molar-refractivity contribution in [2.75, 3.05) is 19.6 Å². The number of fused-ring (bicyclic) bond motifs is 2. The van der Waals surface area contributed by atoms with Gasteiger partial charge in [0.1, 0.15) is 5.82 Å². The Morgan fingerprint density at radius 1 is 0.970 bits per heavy atom. The summed E-state index contributed by atoms with van der Waals surface area (Å²) in [6.45, 7) is 1.85. The zero-order chi connectivity index (χ0) is 22.6. The van der Waals surface area contributed by atoms with E-state index >= 15 is 0 Å². The maximum Gasteiger partial charge on any atom is 0.254 e. The molecule has 4 aromatic rings. The molecule has 0 unspecified atom stereocenters. The normalized spacial score (nSPS) is 14.6. The third kappa shape index (κ3) is 4.60. The molecule has 33 heavy (non-hydrogen) atoms. The van der Waals surface area contributed by atoms with Crippen LogP contribution in [0.4, 0.5) is 0 Å². The fraction of sp³-hybridized carbons (Fsp3) is 0.296. The number of likely N-dealkylation sites (tertiary alicyclic amines) is 1. The number of benzene rings is 3. The Morgan fingerprint density at radius 3 is 2.58 bits per heavy atom.